The fourth-order valence-corrected chi connectivity index (χ4v) is 3.98. The van der Waals surface area contributed by atoms with Gasteiger partial charge in [-0.05, 0) is 37.3 Å². The van der Waals surface area contributed by atoms with Gasteiger partial charge in [-0.25, -0.2) is 4.98 Å². The number of hydrogen-bond acceptors (Lipinski definition) is 3. The summed E-state index contributed by atoms with van der Waals surface area (Å²) in [6, 6.07) is 13.2. The van der Waals surface area contributed by atoms with Gasteiger partial charge in [0.15, 0.2) is 0 Å². The molecule has 0 saturated carbocycles. The molecule has 24 heavy (non-hydrogen) atoms. The first-order chi connectivity index (χ1) is 11.6. The minimum Gasteiger partial charge on any atom is -0.325 e. The van der Waals surface area contributed by atoms with Crippen LogP contribution in [0.4, 0.5) is 11.4 Å². The zero-order valence-corrected chi connectivity index (χ0v) is 14.5. The zero-order valence-electron chi connectivity index (χ0n) is 12.9. The third-order valence-corrected chi connectivity index (χ3v) is 5.40. The highest BCUT2D eigenvalue weighted by atomic mass is 35.5. The molecule has 6 heteroatoms. The van der Waals surface area contributed by atoms with Crippen molar-refractivity contribution in [1.82, 2.24) is 9.55 Å². The molecule has 1 unspecified atom stereocenters. The Morgan fingerprint density at radius 2 is 1.96 bits per heavy atom. The van der Waals surface area contributed by atoms with Crippen LogP contribution in [0.15, 0.2) is 71.0 Å². The number of imidazole rings is 1. The SMILES string of the molecule is CC(C(=O)N1c2ccccc2Sc2ccc(Cl)cc21)n1ccnc1. The Morgan fingerprint density at radius 1 is 1.17 bits per heavy atom. The Morgan fingerprint density at radius 3 is 2.75 bits per heavy atom. The minimum absolute atomic E-state index is 0.0238. The van der Waals surface area contributed by atoms with Crippen molar-refractivity contribution in [1.29, 1.82) is 0 Å². The van der Waals surface area contributed by atoms with E-state index in [2.05, 4.69) is 4.98 Å². The van der Waals surface area contributed by atoms with Crippen molar-refractivity contribution in [2.75, 3.05) is 4.90 Å². The fourth-order valence-electron chi connectivity index (χ4n) is 2.78. The van der Waals surface area contributed by atoms with Gasteiger partial charge in [0.05, 0.1) is 17.7 Å². The lowest BCUT2D eigenvalue weighted by atomic mass is 10.1. The number of carbonyl (C=O) groups is 1. The summed E-state index contributed by atoms with van der Waals surface area (Å²) in [5.74, 6) is -0.0238. The first-order valence-corrected chi connectivity index (χ1v) is 8.72. The summed E-state index contributed by atoms with van der Waals surface area (Å²) in [5, 5.41) is 0.613. The molecule has 1 amide bonds. The number of nitrogens with zero attached hydrogens (tertiary/aromatic N) is 3. The summed E-state index contributed by atoms with van der Waals surface area (Å²) in [7, 11) is 0. The first kappa shape index (κ1) is 15.3. The van der Waals surface area contributed by atoms with Crippen LogP contribution in [0.2, 0.25) is 5.02 Å². The summed E-state index contributed by atoms with van der Waals surface area (Å²) >= 11 is 7.84. The normalized spacial score (nSPS) is 14.0. The van der Waals surface area contributed by atoms with Crippen LogP contribution in [0.3, 0.4) is 0 Å². The molecule has 1 aromatic heterocycles. The third-order valence-electron chi connectivity index (χ3n) is 4.04. The van der Waals surface area contributed by atoms with Crippen LogP contribution in [0.25, 0.3) is 0 Å². The first-order valence-electron chi connectivity index (χ1n) is 7.53. The maximum absolute atomic E-state index is 13.3. The van der Waals surface area contributed by atoms with E-state index in [0.29, 0.717) is 5.02 Å². The van der Waals surface area contributed by atoms with Crippen molar-refractivity contribution in [3.8, 4) is 0 Å². The van der Waals surface area contributed by atoms with Gasteiger partial charge in [0.2, 0.25) is 0 Å². The monoisotopic (exact) mass is 355 g/mol. The van der Waals surface area contributed by atoms with E-state index in [9.17, 15) is 4.79 Å². The summed E-state index contributed by atoms with van der Waals surface area (Å²) in [5.41, 5.74) is 1.71. The molecule has 4 rings (SSSR count). The molecule has 0 N–H and O–H groups in total. The molecule has 0 bridgehead atoms. The van der Waals surface area contributed by atoms with E-state index < -0.39 is 0 Å². The number of amides is 1. The van der Waals surface area contributed by atoms with Crippen LogP contribution in [0.1, 0.15) is 13.0 Å². The van der Waals surface area contributed by atoms with E-state index in [4.69, 9.17) is 11.6 Å². The topological polar surface area (TPSA) is 38.1 Å². The molecule has 0 radical (unpaired) electrons. The predicted octanol–water partition coefficient (Wildman–Crippen LogP) is 4.93. The van der Waals surface area contributed by atoms with Crippen LogP contribution in [-0.4, -0.2) is 15.5 Å². The second kappa shape index (κ2) is 6.00. The highest BCUT2D eigenvalue weighted by Gasteiger charge is 2.31. The van der Waals surface area contributed by atoms with Crippen molar-refractivity contribution in [2.45, 2.75) is 22.8 Å². The molecular formula is C18H14ClN3OS. The van der Waals surface area contributed by atoms with E-state index in [1.807, 2.05) is 49.4 Å². The van der Waals surface area contributed by atoms with E-state index >= 15 is 0 Å². The maximum Gasteiger partial charge on any atom is 0.254 e. The molecule has 0 aliphatic carbocycles. The molecular weight excluding hydrogens is 342 g/mol. The average molecular weight is 356 g/mol. The molecule has 2 aromatic carbocycles. The predicted molar refractivity (Wildman–Crippen MR) is 96.1 cm³/mol. The molecule has 1 aliphatic heterocycles. The molecule has 120 valence electrons. The zero-order chi connectivity index (χ0) is 16.7. The molecule has 0 fully saturated rings. The van der Waals surface area contributed by atoms with Gasteiger partial charge in [0, 0.05) is 27.2 Å². The van der Waals surface area contributed by atoms with E-state index in [0.717, 1.165) is 21.2 Å². The summed E-state index contributed by atoms with van der Waals surface area (Å²) in [6.45, 7) is 1.87. The lowest BCUT2D eigenvalue weighted by Crippen LogP contribution is -2.34. The number of halogens is 1. The maximum atomic E-state index is 13.3. The molecule has 0 spiro atoms. The molecule has 3 aromatic rings. The Bertz CT molecular complexity index is 910. The van der Waals surface area contributed by atoms with Gasteiger partial charge in [-0.2, -0.15) is 0 Å². The van der Waals surface area contributed by atoms with Gasteiger partial charge < -0.3 is 4.57 Å². The number of rotatable bonds is 2. The highest BCUT2D eigenvalue weighted by molar-refractivity contribution is 7.99. The van der Waals surface area contributed by atoms with Gasteiger partial charge in [-0.3, -0.25) is 9.69 Å². The number of benzene rings is 2. The van der Waals surface area contributed by atoms with Crippen LogP contribution < -0.4 is 4.90 Å². The summed E-state index contributed by atoms with van der Waals surface area (Å²) in [6.07, 6.45) is 5.13. The smallest absolute Gasteiger partial charge is 0.254 e. The lowest BCUT2D eigenvalue weighted by molar-refractivity contribution is -0.120. The Hall–Kier alpha value is -2.24. The molecule has 1 aliphatic rings. The Balaban J connectivity index is 1.85. The van der Waals surface area contributed by atoms with Crippen LogP contribution in [0.5, 0.6) is 0 Å². The molecule has 0 saturated heterocycles. The number of fused-ring (bicyclic) bond motifs is 2. The van der Waals surface area contributed by atoms with E-state index in [1.54, 1.807) is 39.9 Å². The van der Waals surface area contributed by atoms with Crippen LogP contribution in [-0.2, 0) is 4.79 Å². The number of aromatic nitrogens is 2. The van der Waals surface area contributed by atoms with Crippen LogP contribution in [0, 0.1) is 0 Å². The van der Waals surface area contributed by atoms with Crippen LogP contribution >= 0.6 is 23.4 Å². The standard InChI is InChI=1S/C18H14ClN3OS/c1-12(21-9-8-20-11-21)18(23)22-14-4-2-3-5-16(14)24-17-7-6-13(19)10-15(17)22/h2-12H,1H3. The molecule has 1 atom stereocenters. The van der Waals surface area contributed by atoms with Crippen molar-refractivity contribution >= 4 is 40.6 Å². The quantitative estimate of drug-likeness (QED) is 0.654. The lowest BCUT2D eigenvalue weighted by Gasteiger charge is -2.33. The van der Waals surface area contributed by atoms with Gasteiger partial charge in [-0.15, -0.1) is 0 Å². The molecule has 4 nitrogen and oxygen atoms in total. The number of carbonyl (C=O) groups excluding carboxylic acids is 1. The largest absolute Gasteiger partial charge is 0.325 e. The van der Waals surface area contributed by atoms with Crippen molar-refractivity contribution in [2.24, 2.45) is 0 Å². The minimum atomic E-state index is -0.365. The van der Waals surface area contributed by atoms with E-state index in [1.165, 1.54) is 0 Å². The Kier molecular flexibility index (Phi) is 3.82. The van der Waals surface area contributed by atoms with Gasteiger partial charge in [-0.1, -0.05) is 35.5 Å². The second-order valence-corrected chi connectivity index (χ2v) is 7.06. The van der Waals surface area contributed by atoms with Gasteiger partial charge >= 0.3 is 0 Å². The number of hydrogen-bond donors (Lipinski definition) is 0. The van der Waals surface area contributed by atoms with E-state index in [-0.39, 0.29) is 11.9 Å². The van der Waals surface area contributed by atoms with Gasteiger partial charge in [0.25, 0.3) is 5.91 Å². The van der Waals surface area contributed by atoms with Crippen molar-refractivity contribution in [3.05, 3.63) is 66.2 Å². The van der Waals surface area contributed by atoms with Crippen molar-refractivity contribution < 1.29 is 4.79 Å². The summed E-state index contributed by atoms with van der Waals surface area (Å²) in [4.78, 5) is 21.1. The summed E-state index contributed by atoms with van der Waals surface area (Å²) < 4.78 is 1.80. The average Bonchev–Trinajstić information content (AvgIpc) is 3.13. The van der Waals surface area contributed by atoms with Crippen molar-refractivity contribution in [3.63, 3.8) is 0 Å². The highest BCUT2D eigenvalue weighted by Crippen LogP contribution is 2.49. The Labute approximate surface area is 149 Å². The number of anilines is 2. The third kappa shape index (κ3) is 2.50. The number of para-hydroxylation sites is 1. The molecule has 2 heterocycles. The second-order valence-electron chi connectivity index (χ2n) is 5.54. The fraction of sp³-hybridized carbons (Fsp3) is 0.111. The van der Waals surface area contributed by atoms with Gasteiger partial charge in [0.1, 0.15) is 6.04 Å².